The van der Waals surface area contributed by atoms with E-state index < -0.39 is 0 Å². The fourth-order valence-corrected chi connectivity index (χ4v) is 2.39. The molecule has 1 aromatic carbocycles. The maximum Gasteiger partial charge on any atom is 0.146 e. The molecule has 0 radical (unpaired) electrons. The zero-order valence-corrected chi connectivity index (χ0v) is 12.8. The summed E-state index contributed by atoms with van der Waals surface area (Å²) in [5, 5.41) is 12.5. The van der Waals surface area contributed by atoms with E-state index in [4.69, 9.17) is 11.6 Å². The first-order valence-corrected chi connectivity index (χ1v) is 7.48. The molecule has 0 amide bonds. The lowest BCUT2D eigenvalue weighted by Crippen LogP contribution is -2.22. The molecule has 1 aromatic heterocycles. The third-order valence-electron chi connectivity index (χ3n) is 3.39. The molecule has 1 N–H and O–H groups in total. The fraction of sp³-hybridized carbons (Fsp3) is 0.467. The van der Waals surface area contributed by atoms with Crippen LogP contribution in [-0.4, -0.2) is 14.8 Å². The molecule has 0 spiro atoms. The summed E-state index contributed by atoms with van der Waals surface area (Å²) in [6.07, 6.45) is 3.98. The van der Waals surface area contributed by atoms with Crippen LogP contribution >= 0.6 is 11.6 Å². The summed E-state index contributed by atoms with van der Waals surface area (Å²) in [4.78, 5) is 0. The van der Waals surface area contributed by atoms with Crippen molar-refractivity contribution in [1.29, 1.82) is 0 Å². The third-order valence-corrected chi connectivity index (χ3v) is 3.64. The van der Waals surface area contributed by atoms with Crippen molar-refractivity contribution in [1.82, 2.24) is 20.1 Å². The smallest absolute Gasteiger partial charge is 0.146 e. The van der Waals surface area contributed by atoms with Gasteiger partial charge >= 0.3 is 0 Å². The Morgan fingerprint density at radius 3 is 2.65 bits per heavy atom. The van der Waals surface area contributed by atoms with E-state index in [1.54, 1.807) is 6.33 Å². The van der Waals surface area contributed by atoms with Gasteiger partial charge in [-0.2, -0.15) is 0 Å². The van der Waals surface area contributed by atoms with Crippen LogP contribution < -0.4 is 5.32 Å². The molecule has 5 heteroatoms. The van der Waals surface area contributed by atoms with E-state index >= 15 is 0 Å². The Bertz CT molecular complexity index is 521. The number of nitrogens with zero attached hydrogens (tertiary/aromatic N) is 3. The van der Waals surface area contributed by atoms with Gasteiger partial charge in [0.05, 0.1) is 6.54 Å². The van der Waals surface area contributed by atoms with E-state index in [-0.39, 0.29) is 0 Å². The van der Waals surface area contributed by atoms with Gasteiger partial charge in [-0.15, -0.1) is 10.2 Å². The summed E-state index contributed by atoms with van der Waals surface area (Å²) in [6.45, 7) is 5.90. The van der Waals surface area contributed by atoms with Crippen LogP contribution in [0.15, 0.2) is 30.6 Å². The second-order valence-electron chi connectivity index (χ2n) is 4.81. The zero-order valence-electron chi connectivity index (χ0n) is 12.0. The number of nitrogens with one attached hydrogen (secondary N) is 1. The van der Waals surface area contributed by atoms with Gasteiger partial charge in [0, 0.05) is 17.6 Å². The Kier molecular flexibility index (Phi) is 5.56. The molecule has 0 aliphatic heterocycles. The highest BCUT2D eigenvalue weighted by molar-refractivity contribution is 6.30. The van der Waals surface area contributed by atoms with Crippen molar-refractivity contribution in [3.05, 3.63) is 47.0 Å². The minimum absolute atomic E-state index is 0.319. The highest BCUT2D eigenvalue weighted by Gasteiger charge is 2.11. The summed E-state index contributed by atoms with van der Waals surface area (Å²) in [6, 6.07) is 8.37. The highest BCUT2D eigenvalue weighted by Crippen LogP contribution is 2.21. The third kappa shape index (κ3) is 3.81. The fourth-order valence-electron chi connectivity index (χ4n) is 2.26. The summed E-state index contributed by atoms with van der Waals surface area (Å²) < 4.78 is 2.05. The van der Waals surface area contributed by atoms with Gasteiger partial charge < -0.3 is 9.88 Å². The van der Waals surface area contributed by atoms with Crippen LogP contribution in [0.25, 0.3) is 0 Å². The topological polar surface area (TPSA) is 42.7 Å². The molecule has 4 nitrogen and oxygen atoms in total. The minimum Gasteiger partial charge on any atom is -0.317 e. The van der Waals surface area contributed by atoms with E-state index in [1.807, 2.05) is 12.1 Å². The lowest BCUT2D eigenvalue weighted by atomic mass is 10.0. The number of hydrogen-bond acceptors (Lipinski definition) is 3. The minimum atomic E-state index is 0.319. The average molecular weight is 293 g/mol. The van der Waals surface area contributed by atoms with Gasteiger partial charge in [0.1, 0.15) is 12.2 Å². The zero-order chi connectivity index (χ0) is 14.4. The SMILES string of the molecule is CCCC(NCc1nncn1CC)c1ccc(Cl)cc1. The molecule has 0 aliphatic rings. The molecule has 0 bridgehead atoms. The van der Waals surface area contributed by atoms with Gasteiger partial charge in [-0.3, -0.25) is 0 Å². The Hall–Kier alpha value is -1.39. The highest BCUT2D eigenvalue weighted by atomic mass is 35.5. The first-order chi connectivity index (χ1) is 9.74. The van der Waals surface area contributed by atoms with Crippen molar-refractivity contribution in [3.63, 3.8) is 0 Å². The monoisotopic (exact) mass is 292 g/mol. The molecule has 1 atom stereocenters. The van der Waals surface area contributed by atoms with Gasteiger partial charge in [0.15, 0.2) is 0 Å². The molecular weight excluding hydrogens is 272 g/mol. The van der Waals surface area contributed by atoms with Gasteiger partial charge in [-0.25, -0.2) is 0 Å². The molecule has 108 valence electrons. The molecule has 2 rings (SSSR count). The maximum absolute atomic E-state index is 5.95. The van der Waals surface area contributed by atoms with E-state index in [9.17, 15) is 0 Å². The number of aromatic nitrogens is 3. The number of hydrogen-bond donors (Lipinski definition) is 1. The first-order valence-electron chi connectivity index (χ1n) is 7.10. The standard InChI is InChI=1S/C15H21ClN4/c1-3-5-14(12-6-8-13(16)9-7-12)17-10-15-19-18-11-20(15)4-2/h6-9,11,14,17H,3-5,10H2,1-2H3. The van der Waals surface area contributed by atoms with Crippen LogP contribution in [0.1, 0.15) is 44.1 Å². The lowest BCUT2D eigenvalue weighted by molar-refractivity contribution is 0.476. The number of benzene rings is 1. The molecule has 0 fully saturated rings. The van der Waals surface area contributed by atoms with Crippen LogP contribution in [0, 0.1) is 0 Å². The van der Waals surface area contributed by atoms with Crippen LogP contribution in [-0.2, 0) is 13.1 Å². The lowest BCUT2D eigenvalue weighted by Gasteiger charge is -2.18. The summed E-state index contributed by atoms with van der Waals surface area (Å²) in [5.41, 5.74) is 1.26. The van der Waals surface area contributed by atoms with E-state index in [1.165, 1.54) is 5.56 Å². The molecular formula is C15H21ClN4. The van der Waals surface area contributed by atoms with Crippen LogP contribution in [0.2, 0.25) is 5.02 Å². The predicted molar refractivity (Wildman–Crippen MR) is 81.6 cm³/mol. The van der Waals surface area contributed by atoms with Crippen molar-refractivity contribution < 1.29 is 0 Å². The van der Waals surface area contributed by atoms with E-state index in [0.717, 1.165) is 36.8 Å². The normalized spacial score (nSPS) is 12.6. The largest absolute Gasteiger partial charge is 0.317 e. The van der Waals surface area contributed by atoms with Gasteiger partial charge in [-0.1, -0.05) is 37.1 Å². The van der Waals surface area contributed by atoms with Crippen molar-refractivity contribution in [2.24, 2.45) is 0 Å². The summed E-state index contributed by atoms with van der Waals surface area (Å²) in [7, 11) is 0. The molecule has 1 unspecified atom stereocenters. The van der Waals surface area contributed by atoms with Crippen molar-refractivity contribution in [2.75, 3.05) is 0 Å². The Balaban J connectivity index is 2.04. The number of aryl methyl sites for hydroxylation is 1. The van der Waals surface area contributed by atoms with E-state index in [0.29, 0.717) is 6.04 Å². The quantitative estimate of drug-likeness (QED) is 0.848. The second-order valence-corrected chi connectivity index (χ2v) is 5.24. The Morgan fingerprint density at radius 2 is 2.00 bits per heavy atom. The van der Waals surface area contributed by atoms with Crippen LogP contribution in [0.3, 0.4) is 0 Å². The number of halogens is 1. The summed E-state index contributed by atoms with van der Waals surface area (Å²) in [5.74, 6) is 0.975. The molecule has 2 aromatic rings. The van der Waals surface area contributed by atoms with Crippen molar-refractivity contribution >= 4 is 11.6 Å². The summed E-state index contributed by atoms with van der Waals surface area (Å²) >= 11 is 5.95. The predicted octanol–water partition coefficient (Wildman–Crippen LogP) is 3.58. The molecule has 0 saturated heterocycles. The maximum atomic E-state index is 5.95. The molecule has 0 aliphatic carbocycles. The van der Waals surface area contributed by atoms with Gasteiger partial charge in [-0.05, 0) is 31.0 Å². The molecule has 1 heterocycles. The van der Waals surface area contributed by atoms with Crippen LogP contribution in [0.5, 0.6) is 0 Å². The average Bonchev–Trinajstić information content (AvgIpc) is 2.92. The molecule has 0 saturated carbocycles. The van der Waals surface area contributed by atoms with Crippen molar-refractivity contribution in [3.8, 4) is 0 Å². The van der Waals surface area contributed by atoms with Gasteiger partial charge in [0.2, 0.25) is 0 Å². The second kappa shape index (κ2) is 7.41. The van der Waals surface area contributed by atoms with Crippen molar-refractivity contribution in [2.45, 2.75) is 45.8 Å². The molecule has 20 heavy (non-hydrogen) atoms. The van der Waals surface area contributed by atoms with Crippen LogP contribution in [0.4, 0.5) is 0 Å². The van der Waals surface area contributed by atoms with Gasteiger partial charge in [0.25, 0.3) is 0 Å². The first kappa shape index (κ1) is 15.0. The van der Waals surface area contributed by atoms with E-state index in [2.05, 4.69) is 46.1 Å². The number of rotatable bonds is 7. The Labute approximate surface area is 125 Å². The Morgan fingerprint density at radius 1 is 1.25 bits per heavy atom.